The molecule has 0 bridgehead atoms. The smallest absolute Gasteiger partial charge is 0.390 e. The monoisotopic (exact) mass is 428 g/mol. The lowest BCUT2D eigenvalue weighted by atomic mass is 9.97. The van der Waals surface area contributed by atoms with Crippen molar-refractivity contribution in [1.82, 2.24) is 0 Å². The van der Waals surface area contributed by atoms with Crippen LogP contribution in [0.3, 0.4) is 0 Å². The van der Waals surface area contributed by atoms with Crippen molar-refractivity contribution < 1.29 is 13.2 Å². The molecule has 1 unspecified atom stereocenters. The van der Waals surface area contributed by atoms with E-state index < -0.39 is 12.1 Å². The molecule has 0 heterocycles. The summed E-state index contributed by atoms with van der Waals surface area (Å²) in [5, 5.41) is 3.23. The number of benzene rings is 2. The molecule has 0 aliphatic heterocycles. The molecule has 1 atom stereocenters. The van der Waals surface area contributed by atoms with Gasteiger partial charge in [-0.15, -0.1) is 0 Å². The van der Waals surface area contributed by atoms with Gasteiger partial charge in [0, 0.05) is 17.1 Å². The number of hydrogen-bond donors (Lipinski definition) is 2. The highest BCUT2D eigenvalue weighted by Gasteiger charge is 2.39. The predicted octanol–water partition coefficient (Wildman–Crippen LogP) is 6.04. The normalized spacial score (nSPS) is 13.6. The fourth-order valence-corrected chi connectivity index (χ4v) is 3.02. The summed E-state index contributed by atoms with van der Waals surface area (Å²) in [7, 11) is 1.68. The van der Waals surface area contributed by atoms with Crippen LogP contribution in [0.1, 0.15) is 17.0 Å². The van der Waals surface area contributed by atoms with Crippen LogP contribution in [0.2, 0.25) is 10.0 Å². The molecule has 148 valence electrons. The van der Waals surface area contributed by atoms with Gasteiger partial charge in [-0.3, -0.25) is 0 Å². The molecule has 28 heavy (non-hydrogen) atoms. The summed E-state index contributed by atoms with van der Waals surface area (Å²) in [5.74, 6) is -1.85. The van der Waals surface area contributed by atoms with E-state index in [9.17, 15) is 13.2 Å². The van der Waals surface area contributed by atoms with Crippen molar-refractivity contribution in [1.29, 1.82) is 0 Å². The zero-order valence-corrected chi connectivity index (χ0v) is 16.2. The fourth-order valence-electron chi connectivity index (χ4n) is 2.48. The van der Waals surface area contributed by atoms with Crippen molar-refractivity contribution in [2.75, 3.05) is 12.4 Å². The summed E-state index contributed by atoms with van der Waals surface area (Å²) in [4.78, 5) is 7.78. The summed E-state index contributed by atoms with van der Waals surface area (Å²) in [6.07, 6.45) is 0.325. The number of halogens is 5. The number of nitrogens with one attached hydrogen (secondary N) is 1. The third-order valence-corrected chi connectivity index (χ3v) is 4.15. The largest absolute Gasteiger partial charge is 0.399 e. The minimum Gasteiger partial charge on any atom is -0.390 e. The minimum absolute atomic E-state index is 0.0315. The van der Waals surface area contributed by atoms with Crippen LogP contribution >= 0.6 is 23.2 Å². The molecular weight excluding hydrogens is 412 g/mol. The maximum atomic E-state index is 13.6. The van der Waals surface area contributed by atoms with Crippen LogP contribution in [0.15, 0.2) is 52.5 Å². The molecule has 2 aromatic rings. The quantitative estimate of drug-likeness (QED) is 0.434. The Balaban J connectivity index is 2.37. The molecule has 2 rings (SSSR count). The molecule has 2 aromatic carbocycles. The molecule has 0 fully saturated rings. The van der Waals surface area contributed by atoms with E-state index in [1.807, 2.05) is 0 Å². The predicted molar refractivity (Wildman–Crippen MR) is 111 cm³/mol. The van der Waals surface area contributed by atoms with E-state index in [1.54, 1.807) is 25.2 Å². The van der Waals surface area contributed by atoms with Gasteiger partial charge in [0.2, 0.25) is 0 Å². The van der Waals surface area contributed by atoms with Gasteiger partial charge in [-0.2, -0.15) is 13.2 Å². The van der Waals surface area contributed by atoms with Crippen molar-refractivity contribution in [3.63, 3.8) is 0 Å². The van der Waals surface area contributed by atoms with Crippen LogP contribution < -0.4 is 11.1 Å². The van der Waals surface area contributed by atoms with E-state index in [0.717, 1.165) is 12.4 Å². The Hall–Kier alpha value is -2.51. The Morgan fingerprint density at radius 1 is 1.11 bits per heavy atom. The Kier molecular flexibility index (Phi) is 7.48. The molecule has 4 nitrogen and oxygen atoms in total. The van der Waals surface area contributed by atoms with Gasteiger partial charge in [0.1, 0.15) is 6.34 Å². The Labute approximate surface area is 170 Å². The zero-order valence-electron chi connectivity index (χ0n) is 14.7. The van der Waals surface area contributed by atoms with Crippen molar-refractivity contribution >= 4 is 53.3 Å². The molecule has 0 aliphatic rings. The Morgan fingerprint density at radius 3 is 2.36 bits per heavy atom. The number of rotatable bonds is 6. The Bertz CT molecular complexity index is 888. The SMILES string of the molecule is CNc1cc(C=CC(c2cc(Cl)cc(Cl)c2)C(F)(F)F)ccc1N=CN=CN. The van der Waals surface area contributed by atoms with Crippen molar-refractivity contribution in [2.24, 2.45) is 15.7 Å². The molecule has 0 aliphatic carbocycles. The average molecular weight is 429 g/mol. The highest BCUT2D eigenvalue weighted by atomic mass is 35.5. The van der Waals surface area contributed by atoms with Gasteiger partial charge in [-0.25, -0.2) is 9.98 Å². The number of allylic oxidation sites excluding steroid dienone is 1. The van der Waals surface area contributed by atoms with E-state index in [0.29, 0.717) is 16.9 Å². The first kappa shape index (κ1) is 21.8. The summed E-state index contributed by atoms with van der Waals surface area (Å²) in [5.41, 5.74) is 6.87. The lowest BCUT2D eigenvalue weighted by Gasteiger charge is -2.18. The number of hydrogen-bond acceptors (Lipinski definition) is 2. The van der Waals surface area contributed by atoms with Gasteiger partial charge in [0.05, 0.1) is 23.6 Å². The average Bonchev–Trinajstić information content (AvgIpc) is 2.61. The number of anilines is 1. The lowest BCUT2D eigenvalue weighted by molar-refractivity contribution is -0.139. The third kappa shape index (κ3) is 6.00. The van der Waals surface area contributed by atoms with Gasteiger partial charge in [0.25, 0.3) is 0 Å². The molecule has 0 aromatic heterocycles. The number of nitrogens with two attached hydrogens (primary N) is 1. The molecule has 0 saturated heterocycles. The van der Waals surface area contributed by atoms with Gasteiger partial charge in [-0.05, 0) is 41.5 Å². The van der Waals surface area contributed by atoms with Crippen LogP contribution in [-0.4, -0.2) is 25.9 Å². The van der Waals surface area contributed by atoms with E-state index in [1.165, 1.54) is 30.6 Å². The third-order valence-electron chi connectivity index (χ3n) is 3.72. The van der Waals surface area contributed by atoms with Gasteiger partial charge in [0.15, 0.2) is 0 Å². The first-order chi connectivity index (χ1) is 13.2. The molecule has 3 N–H and O–H groups in total. The highest BCUT2D eigenvalue weighted by molar-refractivity contribution is 6.34. The van der Waals surface area contributed by atoms with Crippen LogP contribution in [0.4, 0.5) is 24.5 Å². The maximum Gasteiger partial charge on any atom is 0.399 e. The van der Waals surface area contributed by atoms with Crippen LogP contribution in [0.5, 0.6) is 0 Å². The summed E-state index contributed by atoms with van der Waals surface area (Å²) in [6.45, 7) is 0. The summed E-state index contributed by atoms with van der Waals surface area (Å²) < 4.78 is 40.7. The first-order valence-electron chi connectivity index (χ1n) is 8.03. The second-order valence-corrected chi connectivity index (χ2v) is 6.52. The highest BCUT2D eigenvalue weighted by Crippen LogP contribution is 2.38. The second-order valence-electron chi connectivity index (χ2n) is 5.65. The van der Waals surface area contributed by atoms with Crippen LogP contribution in [-0.2, 0) is 0 Å². The molecule has 0 amide bonds. The van der Waals surface area contributed by atoms with Crippen molar-refractivity contribution in [3.8, 4) is 0 Å². The number of aliphatic imine (C=N–C) groups is 2. The number of nitrogens with zero attached hydrogens (tertiary/aromatic N) is 2. The minimum atomic E-state index is -4.50. The van der Waals surface area contributed by atoms with Gasteiger partial charge >= 0.3 is 6.18 Å². The molecular formula is C19H17Cl2F3N4. The van der Waals surface area contributed by atoms with E-state index in [2.05, 4.69) is 15.3 Å². The van der Waals surface area contributed by atoms with Crippen molar-refractivity contribution in [2.45, 2.75) is 12.1 Å². The summed E-state index contributed by atoms with van der Waals surface area (Å²) in [6, 6.07) is 8.88. The topological polar surface area (TPSA) is 62.8 Å². The van der Waals surface area contributed by atoms with Crippen LogP contribution in [0, 0.1) is 0 Å². The van der Waals surface area contributed by atoms with Gasteiger partial charge < -0.3 is 11.1 Å². The second kappa shape index (κ2) is 9.61. The first-order valence-corrected chi connectivity index (χ1v) is 8.79. The molecule has 9 heteroatoms. The van der Waals surface area contributed by atoms with E-state index in [4.69, 9.17) is 28.9 Å². The maximum absolute atomic E-state index is 13.6. The molecule has 0 spiro atoms. The van der Waals surface area contributed by atoms with E-state index in [-0.39, 0.29) is 15.6 Å². The number of alkyl halides is 3. The zero-order chi connectivity index (χ0) is 20.7. The molecule has 0 radical (unpaired) electrons. The lowest BCUT2D eigenvalue weighted by Crippen LogP contribution is -2.18. The fraction of sp³-hybridized carbons (Fsp3) is 0.158. The van der Waals surface area contributed by atoms with Crippen molar-refractivity contribution in [3.05, 3.63) is 63.6 Å². The standard InChI is InChI=1S/C19H17Cl2F3N4/c1-26-18-6-12(3-5-17(18)28-11-27-10-25)2-4-16(19(22,23)24)13-7-14(20)9-15(21)8-13/h2-11,16,26H,1H3,(H2,25,27,28). The van der Waals surface area contributed by atoms with Crippen LogP contribution in [0.25, 0.3) is 6.08 Å². The molecule has 0 saturated carbocycles. The summed E-state index contributed by atoms with van der Waals surface area (Å²) >= 11 is 11.7. The Morgan fingerprint density at radius 2 is 1.79 bits per heavy atom. The van der Waals surface area contributed by atoms with Gasteiger partial charge in [-0.1, -0.05) is 41.4 Å². The van der Waals surface area contributed by atoms with E-state index >= 15 is 0 Å².